The number of hydrogen-bond donors (Lipinski definition) is 1. The second-order valence-electron chi connectivity index (χ2n) is 4.13. The number of carbonyl (C=O) groups excluding carboxylic acids is 1. The highest BCUT2D eigenvalue weighted by atomic mass is 16.2. The smallest absolute Gasteiger partial charge is 0.240 e. The van der Waals surface area contributed by atoms with Crippen molar-refractivity contribution in [2.75, 3.05) is 13.1 Å². The monoisotopic (exact) mass is 166 g/mol. The highest BCUT2D eigenvalue weighted by Crippen LogP contribution is 2.37. The first kappa shape index (κ1) is 6.89. The van der Waals surface area contributed by atoms with Crippen LogP contribution in [0.3, 0.4) is 0 Å². The summed E-state index contributed by atoms with van der Waals surface area (Å²) in [6.45, 7) is 2.06. The third-order valence-corrected chi connectivity index (χ3v) is 3.61. The predicted molar refractivity (Wildman–Crippen MR) is 44.6 cm³/mol. The molecule has 0 radical (unpaired) electrons. The van der Waals surface area contributed by atoms with Gasteiger partial charge in [-0.3, -0.25) is 4.79 Å². The van der Waals surface area contributed by atoms with E-state index in [1.807, 2.05) is 0 Å². The van der Waals surface area contributed by atoms with Crippen LogP contribution in [0.15, 0.2) is 0 Å². The zero-order chi connectivity index (χ0) is 8.13. The molecule has 12 heavy (non-hydrogen) atoms. The van der Waals surface area contributed by atoms with Crippen LogP contribution in [-0.2, 0) is 4.79 Å². The molecular weight excluding hydrogens is 152 g/mol. The van der Waals surface area contributed by atoms with Crippen molar-refractivity contribution in [3.05, 3.63) is 0 Å². The van der Waals surface area contributed by atoms with Crippen LogP contribution >= 0.6 is 0 Å². The van der Waals surface area contributed by atoms with Gasteiger partial charge in [0.25, 0.3) is 0 Å². The Balaban J connectivity index is 1.94. The molecule has 0 spiro atoms. The van der Waals surface area contributed by atoms with Crippen LogP contribution in [0.2, 0.25) is 0 Å². The standard InChI is InChI=1S/C9H14N2O/c12-9-8-6(3-4-10-8)7-2-1-5-11(7)9/h6-8,10H,1-5H2/t6-,7+,8-/m1/s1. The summed E-state index contributed by atoms with van der Waals surface area (Å²) in [5.41, 5.74) is 0. The lowest BCUT2D eigenvalue weighted by Gasteiger charge is -2.17. The van der Waals surface area contributed by atoms with E-state index < -0.39 is 0 Å². The number of carbonyl (C=O) groups is 1. The SMILES string of the molecule is O=C1[C@@H]2NCC[C@@H]2[C@@H]2CCCN12. The molecular formula is C9H14N2O. The number of nitrogens with one attached hydrogen (secondary N) is 1. The summed E-state index contributed by atoms with van der Waals surface area (Å²) >= 11 is 0. The Morgan fingerprint density at radius 3 is 3.25 bits per heavy atom. The fourth-order valence-corrected chi connectivity index (χ4v) is 3.10. The Morgan fingerprint density at radius 2 is 2.33 bits per heavy atom. The quantitative estimate of drug-likeness (QED) is 0.548. The van der Waals surface area contributed by atoms with Crippen LogP contribution in [0.1, 0.15) is 19.3 Å². The summed E-state index contributed by atoms with van der Waals surface area (Å²) in [4.78, 5) is 13.8. The van der Waals surface area contributed by atoms with Gasteiger partial charge in [-0.2, -0.15) is 0 Å². The van der Waals surface area contributed by atoms with Crippen LogP contribution < -0.4 is 5.32 Å². The minimum absolute atomic E-state index is 0.190. The molecule has 3 rings (SSSR count). The Bertz CT molecular complexity index is 207. The molecule has 3 fully saturated rings. The maximum Gasteiger partial charge on any atom is 0.240 e. The van der Waals surface area contributed by atoms with Gasteiger partial charge in [0.1, 0.15) is 0 Å². The first-order valence-electron chi connectivity index (χ1n) is 4.92. The summed E-state index contributed by atoms with van der Waals surface area (Å²) < 4.78 is 0. The molecule has 3 nitrogen and oxygen atoms in total. The van der Waals surface area contributed by atoms with Crippen molar-refractivity contribution < 1.29 is 4.79 Å². The normalized spacial score (nSPS) is 45.2. The molecule has 3 atom stereocenters. The van der Waals surface area contributed by atoms with Gasteiger partial charge >= 0.3 is 0 Å². The van der Waals surface area contributed by atoms with E-state index in [0.717, 1.165) is 13.1 Å². The number of fused-ring (bicyclic) bond motifs is 3. The molecule has 3 aliphatic rings. The molecule has 0 bridgehead atoms. The lowest BCUT2D eigenvalue weighted by molar-refractivity contribution is -0.129. The van der Waals surface area contributed by atoms with E-state index in [1.165, 1.54) is 19.3 Å². The maximum absolute atomic E-state index is 11.7. The Morgan fingerprint density at radius 1 is 1.42 bits per heavy atom. The van der Waals surface area contributed by atoms with Crippen LogP contribution in [0.25, 0.3) is 0 Å². The number of amides is 1. The van der Waals surface area contributed by atoms with Gasteiger partial charge in [0.05, 0.1) is 6.04 Å². The molecule has 1 N–H and O–H groups in total. The van der Waals surface area contributed by atoms with E-state index in [-0.39, 0.29) is 6.04 Å². The van der Waals surface area contributed by atoms with Crippen molar-refractivity contribution in [2.24, 2.45) is 5.92 Å². The van der Waals surface area contributed by atoms with Crippen LogP contribution in [0, 0.1) is 5.92 Å². The third-order valence-electron chi connectivity index (χ3n) is 3.61. The highest BCUT2D eigenvalue weighted by Gasteiger charge is 2.51. The van der Waals surface area contributed by atoms with Gasteiger partial charge in [0.2, 0.25) is 5.91 Å². The predicted octanol–water partition coefficient (Wildman–Crippen LogP) is -0.0309. The fraction of sp³-hybridized carbons (Fsp3) is 0.889. The van der Waals surface area contributed by atoms with Crippen molar-refractivity contribution in [3.63, 3.8) is 0 Å². The van der Waals surface area contributed by atoms with Crippen molar-refractivity contribution in [2.45, 2.75) is 31.3 Å². The molecule has 3 heteroatoms. The first-order chi connectivity index (χ1) is 5.88. The average molecular weight is 166 g/mol. The third kappa shape index (κ3) is 0.678. The van der Waals surface area contributed by atoms with Gasteiger partial charge in [-0.1, -0.05) is 0 Å². The zero-order valence-corrected chi connectivity index (χ0v) is 7.12. The van der Waals surface area contributed by atoms with Crippen LogP contribution in [0.4, 0.5) is 0 Å². The molecule has 1 amide bonds. The van der Waals surface area contributed by atoms with Crippen LogP contribution in [0.5, 0.6) is 0 Å². The van der Waals surface area contributed by atoms with Gasteiger partial charge in [-0.05, 0) is 25.8 Å². The van der Waals surface area contributed by atoms with Crippen molar-refractivity contribution >= 4 is 5.91 Å². The molecule has 0 unspecified atom stereocenters. The lowest BCUT2D eigenvalue weighted by atomic mass is 9.95. The zero-order valence-electron chi connectivity index (χ0n) is 7.12. The molecule has 3 aliphatic heterocycles. The van der Waals surface area contributed by atoms with Crippen molar-refractivity contribution in [1.29, 1.82) is 0 Å². The molecule has 0 aromatic heterocycles. The summed E-state index contributed by atoms with van der Waals surface area (Å²) in [5.74, 6) is 1.01. The molecule has 3 saturated heterocycles. The Kier molecular flexibility index (Phi) is 1.28. The highest BCUT2D eigenvalue weighted by molar-refractivity contribution is 5.86. The summed E-state index contributed by atoms with van der Waals surface area (Å²) in [6.07, 6.45) is 3.67. The van der Waals surface area contributed by atoms with E-state index >= 15 is 0 Å². The van der Waals surface area contributed by atoms with Gasteiger partial charge in [-0.25, -0.2) is 0 Å². The Hall–Kier alpha value is -0.570. The van der Waals surface area contributed by atoms with Crippen LogP contribution in [-0.4, -0.2) is 36.0 Å². The second kappa shape index (κ2) is 2.22. The summed E-state index contributed by atoms with van der Waals surface area (Å²) in [6, 6.07) is 0.785. The van der Waals surface area contributed by atoms with Gasteiger partial charge in [0, 0.05) is 18.5 Å². The van der Waals surface area contributed by atoms with Crippen molar-refractivity contribution in [1.82, 2.24) is 10.2 Å². The van der Waals surface area contributed by atoms with E-state index in [9.17, 15) is 4.79 Å². The van der Waals surface area contributed by atoms with Gasteiger partial charge < -0.3 is 10.2 Å². The lowest BCUT2D eigenvalue weighted by Crippen LogP contribution is -2.36. The number of hydrogen-bond acceptors (Lipinski definition) is 2. The minimum Gasteiger partial charge on any atom is -0.338 e. The Labute approximate surface area is 72.1 Å². The van der Waals surface area contributed by atoms with E-state index in [2.05, 4.69) is 10.2 Å². The number of nitrogens with zero attached hydrogens (tertiary/aromatic N) is 1. The largest absolute Gasteiger partial charge is 0.338 e. The van der Waals surface area contributed by atoms with E-state index in [0.29, 0.717) is 17.9 Å². The molecule has 0 saturated carbocycles. The molecule has 66 valence electrons. The maximum atomic E-state index is 11.7. The van der Waals surface area contributed by atoms with Crippen molar-refractivity contribution in [3.8, 4) is 0 Å². The first-order valence-corrected chi connectivity index (χ1v) is 4.92. The summed E-state index contributed by atoms with van der Waals surface area (Å²) in [7, 11) is 0. The van der Waals surface area contributed by atoms with E-state index in [4.69, 9.17) is 0 Å². The summed E-state index contributed by atoms with van der Waals surface area (Å²) in [5, 5.41) is 3.31. The van der Waals surface area contributed by atoms with Gasteiger partial charge in [0.15, 0.2) is 0 Å². The fourth-order valence-electron chi connectivity index (χ4n) is 3.10. The van der Waals surface area contributed by atoms with E-state index in [1.54, 1.807) is 0 Å². The molecule has 0 aliphatic carbocycles. The minimum atomic E-state index is 0.190. The topological polar surface area (TPSA) is 32.3 Å². The molecule has 3 heterocycles. The number of rotatable bonds is 0. The second-order valence-corrected chi connectivity index (χ2v) is 4.13. The molecule has 0 aromatic carbocycles. The van der Waals surface area contributed by atoms with Gasteiger partial charge in [-0.15, -0.1) is 0 Å². The molecule has 0 aromatic rings. The average Bonchev–Trinajstić information content (AvgIpc) is 2.72.